The van der Waals surface area contributed by atoms with E-state index in [9.17, 15) is 0 Å². The molecule has 3 nitrogen and oxygen atoms in total. The average Bonchev–Trinajstić information content (AvgIpc) is 3.17. The molecule has 1 aliphatic heterocycles. The third-order valence-corrected chi connectivity index (χ3v) is 7.20. The molecule has 1 unspecified atom stereocenters. The minimum Gasteiger partial charge on any atom is -0.365 e. The Hall–Kier alpha value is -3.98. The van der Waals surface area contributed by atoms with Gasteiger partial charge in [-0.2, -0.15) is 0 Å². The SMILES string of the molecule is Cc1ccc(N=C2N=C(N(C)C)C(C)(c3ccccc3)C2(c2ccccc2)c2ccccc2)cc1. The first-order valence-electron chi connectivity index (χ1n) is 12.1. The quantitative estimate of drug-likeness (QED) is 0.326. The van der Waals surface area contributed by atoms with Crippen molar-refractivity contribution in [1.82, 2.24) is 4.90 Å². The van der Waals surface area contributed by atoms with E-state index >= 15 is 0 Å². The molecule has 0 aliphatic carbocycles. The Morgan fingerprint density at radius 3 is 1.54 bits per heavy atom. The van der Waals surface area contributed by atoms with Crippen LogP contribution >= 0.6 is 0 Å². The van der Waals surface area contributed by atoms with E-state index in [4.69, 9.17) is 9.98 Å². The van der Waals surface area contributed by atoms with Crippen LogP contribution in [0.15, 0.2) is 125 Å². The van der Waals surface area contributed by atoms with E-state index in [1.165, 1.54) is 22.3 Å². The second-order valence-electron chi connectivity index (χ2n) is 9.57. The second-order valence-corrected chi connectivity index (χ2v) is 9.57. The summed E-state index contributed by atoms with van der Waals surface area (Å²) in [7, 11) is 4.16. The molecule has 3 heteroatoms. The number of nitrogens with zero attached hydrogens (tertiary/aromatic N) is 3. The highest BCUT2D eigenvalue weighted by molar-refractivity contribution is 6.19. The topological polar surface area (TPSA) is 28.0 Å². The maximum absolute atomic E-state index is 5.33. The van der Waals surface area contributed by atoms with Crippen molar-refractivity contribution in [1.29, 1.82) is 0 Å². The molecule has 4 aromatic carbocycles. The van der Waals surface area contributed by atoms with Gasteiger partial charge in [-0.1, -0.05) is 109 Å². The summed E-state index contributed by atoms with van der Waals surface area (Å²) >= 11 is 0. The van der Waals surface area contributed by atoms with Crippen LogP contribution in [0.3, 0.4) is 0 Å². The summed E-state index contributed by atoms with van der Waals surface area (Å²) in [6.07, 6.45) is 0. The van der Waals surface area contributed by atoms with E-state index in [1.54, 1.807) is 0 Å². The zero-order valence-electron chi connectivity index (χ0n) is 20.8. The van der Waals surface area contributed by atoms with Crippen LogP contribution < -0.4 is 0 Å². The van der Waals surface area contributed by atoms with Crippen LogP contribution in [0.1, 0.15) is 29.2 Å². The lowest BCUT2D eigenvalue weighted by molar-refractivity contribution is 0.440. The summed E-state index contributed by atoms with van der Waals surface area (Å²) < 4.78 is 0. The van der Waals surface area contributed by atoms with Crippen LogP contribution in [-0.4, -0.2) is 30.7 Å². The molecule has 1 heterocycles. The van der Waals surface area contributed by atoms with E-state index in [0.29, 0.717) is 0 Å². The van der Waals surface area contributed by atoms with Crippen molar-refractivity contribution in [3.8, 4) is 0 Å². The van der Waals surface area contributed by atoms with Crippen LogP contribution in [0.25, 0.3) is 0 Å². The average molecular weight is 458 g/mol. The van der Waals surface area contributed by atoms with E-state index < -0.39 is 10.8 Å². The molecule has 5 rings (SSSR count). The van der Waals surface area contributed by atoms with Gasteiger partial charge in [-0.3, -0.25) is 0 Å². The van der Waals surface area contributed by atoms with Crippen molar-refractivity contribution >= 4 is 17.4 Å². The molecule has 35 heavy (non-hydrogen) atoms. The fourth-order valence-electron chi connectivity index (χ4n) is 5.58. The standard InChI is InChI=1S/C32H31N3/c1-24-20-22-28(23-21-24)33-29-32(26-16-10-6-11-17-26,27-18-12-7-13-19-27)31(2,30(34-29)35(3)4)25-14-8-5-9-15-25/h5-23H,1-4H3. The van der Waals surface area contributed by atoms with Gasteiger partial charge in [0.2, 0.25) is 0 Å². The van der Waals surface area contributed by atoms with E-state index in [2.05, 4.69) is 148 Å². The molecule has 0 fully saturated rings. The Balaban J connectivity index is 1.94. The highest BCUT2D eigenvalue weighted by Crippen LogP contribution is 2.55. The first-order valence-corrected chi connectivity index (χ1v) is 12.1. The Morgan fingerprint density at radius 1 is 0.629 bits per heavy atom. The van der Waals surface area contributed by atoms with E-state index in [1.807, 2.05) is 0 Å². The Kier molecular flexibility index (Phi) is 5.86. The van der Waals surface area contributed by atoms with Gasteiger partial charge in [-0.15, -0.1) is 0 Å². The van der Waals surface area contributed by atoms with Crippen molar-refractivity contribution in [2.75, 3.05) is 14.1 Å². The first-order chi connectivity index (χ1) is 17.0. The molecule has 0 saturated carbocycles. The van der Waals surface area contributed by atoms with Gasteiger partial charge >= 0.3 is 0 Å². The highest BCUT2D eigenvalue weighted by Gasteiger charge is 2.62. The van der Waals surface area contributed by atoms with Crippen molar-refractivity contribution in [3.05, 3.63) is 138 Å². The number of benzene rings is 4. The van der Waals surface area contributed by atoms with Gasteiger partial charge in [0.1, 0.15) is 11.7 Å². The third-order valence-electron chi connectivity index (χ3n) is 7.20. The first kappa shape index (κ1) is 22.8. The van der Waals surface area contributed by atoms with Crippen molar-refractivity contribution in [2.45, 2.75) is 24.7 Å². The van der Waals surface area contributed by atoms with Gasteiger partial charge in [-0.05, 0) is 42.7 Å². The Morgan fingerprint density at radius 2 is 1.09 bits per heavy atom. The fourth-order valence-corrected chi connectivity index (χ4v) is 5.58. The minimum atomic E-state index is -0.638. The molecule has 0 N–H and O–H groups in total. The molecule has 0 bridgehead atoms. The van der Waals surface area contributed by atoms with Crippen molar-refractivity contribution < 1.29 is 0 Å². The van der Waals surface area contributed by atoms with Crippen LogP contribution in [0.2, 0.25) is 0 Å². The van der Waals surface area contributed by atoms with Gasteiger partial charge in [0.25, 0.3) is 0 Å². The molecule has 1 aliphatic rings. The predicted octanol–water partition coefficient (Wildman–Crippen LogP) is 6.94. The maximum atomic E-state index is 5.33. The zero-order chi connectivity index (χ0) is 24.5. The number of amidine groups is 2. The van der Waals surface area contributed by atoms with Crippen LogP contribution in [-0.2, 0) is 10.8 Å². The molecule has 0 amide bonds. The van der Waals surface area contributed by atoms with Gasteiger partial charge in [0, 0.05) is 14.1 Å². The second kappa shape index (κ2) is 8.99. The van der Waals surface area contributed by atoms with Crippen LogP contribution in [0, 0.1) is 6.92 Å². The minimum absolute atomic E-state index is 0.510. The lowest BCUT2D eigenvalue weighted by Gasteiger charge is -2.46. The number of rotatable bonds is 4. The summed E-state index contributed by atoms with van der Waals surface area (Å²) in [6.45, 7) is 4.42. The zero-order valence-corrected chi connectivity index (χ0v) is 20.8. The van der Waals surface area contributed by atoms with Gasteiger partial charge in [0.05, 0.1) is 16.5 Å². The number of hydrogen-bond donors (Lipinski definition) is 0. The highest BCUT2D eigenvalue weighted by atomic mass is 15.2. The van der Waals surface area contributed by atoms with Crippen LogP contribution in [0.4, 0.5) is 5.69 Å². The molecule has 0 radical (unpaired) electrons. The van der Waals surface area contributed by atoms with Crippen LogP contribution in [0.5, 0.6) is 0 Å². The third kappa shape index (κ3) is 3.59. The van der Waals surface area contributed by atoms with Gasteiger partial charge in [-0.25, -0.2) is 9.98 Å². The van der Waals surface area contributed by atoms with Crippen molar-refractivity contribution in [3.63, 3.8) is 0 Å². The van der Waals surface area contributed by atoms with Gasteiger partial charge in [0.15, 0.2) is 0 Å². The van der Waals surface area contributed by atoms with E-state index in [0.717, 1.165) is 17.4 Å². The number of hydrogen-bond acceptors (Lipinski definition) is 2. The lowest BCUT2D eigenvalue weighted by Crippen LogP contribution is -2.55. The maximum Gasteiger partial charge on any atom is 0.147 e. The largest absolute Gasteiger partial charge is 0.365 e. The lowest BCUT2D eigenvalue weighted by atomic mass is 9.55. The number of aryl methyl sites for hydroxylation is 1. The summed E-state index contributed by atoms with van der Waals surface area (Å²) in [6, 6.07) is 40.6. The molecule has 0 saturated heterocycles. The summed E-state index contributed by atoms with van der Waals surface area (Å²) in [5.41, 5.74) is 4.51. The molecule has 174 valence electrons. The number of likely N-dealkylation sites (N-methyl/N-ethyl adjacent to an activating group) is 1. The molecule has 4 aromatic rings. The Bertz CT molecular complexity index is 1320. The smallest absolute Gasteiger partial charge is 0.147 e. The summed E-state index contributed by atoms with van der Waals surface area (Å²) in [4.78, 5) is 12.7. The monoisotopic (exact) mass is 457 g/mol. The fraction of sp³-hybridized carbons (Fsp3) is 0.188. The predicted molar refractivity (Wildman–Crippen MR) is 147 cm³/mol. The van der Waals surface area contributed by atoms with Crippen molar-refractivity contribution in [2.24, 2.45) is 9.98 Å². The summed E-state index contributed by atoms with van der Waals surface area (Å²) in [5, 5.41) is 0. The summed E-state index contributed by atoms with van der Waals surface area (Å²) in [5.74, 6) is 1.79. The molecule has 1 atom stereocenters. The Labute approximate surface area is 208 Å². The van der Waals surface area contributed by atoms with Gasteiger partial charge < -0.3 is 4.90 Å². The molecule has 0 spiro atoms. The molecule has 0 aromatic heterocycles. The van der Waals surface area contributed by atoms with E-state index in [-0.39, 0.29) is 0 Å². The normalized spacial score (nSPS) is 20.0. The number of aliphatic imine (C=N–C) groups is 2. The molecular formula is C32H31N3. The molecular weight excluding hydrogens is 426 g/mol.